The van der Waals surface area contributed by atoms with E-state index in [0.717, 1.165) is 5.75 Å². The van der Waals surface area contributed by atoms with Gasteiger partial charge in [-0.15, -0.1) is 10.2 Å². The highest BCUT2D eigenvalue weighted by atomic mass is 32.2. The Bertz CT molecular complexity index is 765. The van der Waals surface area contributed by atoms with Gasteiger partial charge in [-0.2, -0.15) is 0 Å². The first kappa shape index (κ1) is 21.1. The van der Waals surface area contributed by atoms with Crippen LogP contribution >= 0.6 is 11.8 Å². The van der Waals surface area contributed by atoms with Crippen LogP contribution in [0.1, 0.15) is 58.8 Å². The van der Waals surface area contributed by atoms with Crippen molar-refractivity contribution in [2.24, 2.45) is 0 Å². The molecule has 2 aromatic rings. The van der Waals surface area contributed by atoms with Gasteiger partial charge in [0.15, 0.2) is 5.82 Å². The monoisotopic (exact) mass is 391 g/mol. The third kappa shape index (κ3) is 6.16. The van der Waals surface area contributed by atoms with E-state index in [4.69, 9.17) is 10.6 Å². The topological polar surface area (TPSA) is 95.1 Å². The third-order valence-corrected chi connectivity index (χ3v) is 4.86. The lowest BCUT2D eigenvalue weighted by Gasteiger charge is -2.22. The summed E-state index contributed by atoms with van der Waals surface area (Å²) in [5.41, 5.74) is 0.970. The van der Waals surface area contributed by atoms with Crippen LogP contribution in [0.25, 0.3) is 0 Å². The van der Waals surface area contributed by atoms with E-state index < -0.39 is 0 Å². The Hall–Kier alpha value is -2.22. The van der Waals surface area contributed by atoms with Crippen LogP contribution in [-0.2, 0) is 11.4 Å². The molecule has 1 amide bonds. The second kappa shape index (κ2) is 8.65. The Morgan fingerprint density at radius 1 is 1.22 bits per heavy atom. The minimum atomic E-state index is -0.340. The van der Waals surface area contributed by atoms with E-state index in [2.05, 4.69) is 29.4 Å². The van der Waals surface area contributed by atoms with Crippen molar-refractivity contribution in [2.45, 2.75) is 70.0 Å². The highest BCUT2D eigenvalue weighted by molar-refractivity contribution is 8.00. The lowest BCUT2D eigenvalue weighted by atomic mass is 10.0. The number of nitrogens with one attached hydrogen (secondary N) is 1. The molecule has 148 valence electrons. The van der Waals surface area contributed by atoms with Crippen molar-refractivity contribution < 1.29 is 9.53 Å². The molecule has 0 saturated carbocycles. The standard InChI is InChI=1S/C19H29N5O2S/c1-12(2)14-7-9-15(10-8-14)26-11-16-22-23-18(24(16)20)27-13(3)17(25)21-19(4,5)6/h7-10,12-13H,11,20H2,1-6H3,(H,21,25). The molecule has 1 aromatic heterocycles. The normalized spacial score (nSPS) is 12.9. The minimum Gasteiger partial charge on any atom is -0.486 e. The van der Waals surface area contributed by atoms with Crippen LogP contribution in [0.5, 0.6) is 5.75 Å². The predicted molar refractivity (Wildman–Crippen MR) is 108 cm³/mol. The van der Waals surface area contributed by atoms with Gasteiger partial charge in [-0.25, -0.2) is 4.68 Å². The number of carbonyl (C=O) groups is 1. The Morgan fingerprint density at radius 3 is 2.41 bits per heavy atom. The third-order valence-electron chi connectivity index (χ3n) is 3.80. The molecule has 8 heteroatoms. The molecular weight excluding hydrogens is 362 g/mol. The summed E-state index contributed by atoms with van der Waals surface area (Å²) in [4.78, 5) is 12.2. The van der Waals surface area contributed by atoms with Crippen LogP contribution in [0.2, 0.25) is 0 Å². The van der Waals surface area contributed by atoms with E-state index in [0.29, 0.717) is 16.9 Å². The quantitative estimate of drug-likeness (QED) is 0.556. The molecule has 0 aliphatic rings. The van der Waals surface area contributed by atoms with Crippen LogP contribution in [0, 0.1) is 0 Å². The van der Waals surface area contributed by atoms with Gasteiger partial charge in [0, 0.05) is 5.54 Å². The van der Waals surface area contributed by atoms with E-state index in [1.54, 1.807) is 0 Å². The molecule has 27 heavy (non-hydrogen) atoms. The second-order valence-electron chi connectivity index (χ2n) is 7.78. The fourth-order valence-corrected chi connectivity index (χ4v) is 3.05. The van der Waals surface area contributed by atoms with Gasteiger partial charge >= 0.3 is 0 Å². The molecule has 0 fully saturated rings. The number of ether oxygens (including phenoxy) is 1. The van der Waals surface area contributed by atoms with Gasteiger partial charge in [0.2, 0.25) is 11.1 Å². The number of nitrogens with two attached hydrogens (primary N) is 1. The lowest BCUT2D eigenvalue weighted by molar-refractivity contribution is -0.121. The summed E-state index contributed by atoms with van der Waals surface area (Å²) >= 11 is 1.26. The van der Waals surface area contributed by atoms with Gasteiger partial charge in [0.1, 0.15) is 12.4 Å². The minimum absolute atomic E-state index is 0.0708. The molecule has 1 unspecified atom stereocenters. The molecule has 7 nitrogen and oxygen atoms in total. The van der Waals surface area contributed by atoms with Crippen molar-refractivity contribution in [3.8, 4) is 5.75 Å². The van der Waals surface area contributed by atoms with Gasteiger partial charge in [-0.3, -0.25) is 4.79 Å². The zero-order valence-corrected chi connectivity index (χ0v) is 17.6. The number of carbonyl (C=O) groups excluding carboxylic acids is 1. The maximum atomic E-state index is 12.2. The molecule has 0 aliphatic carbocycles. The number of hydrogen-bond acceptors (Lipinski definition) is 6. The van der Waals surface area contributed by atoms with Gasteiger partial charge in [-0.1, -0.05) is 37.7 Å². The second-order valence-corrected chi connectivity index (χ2v) is 9.09. The molecular formula is C19H29N5O2S. The summed E-state index contributed by atoms with van der Waals surface area (Å²) in [6.07, 6.45) is 0. The van der Waals surface area contributed by atoms with Crippen LogP contribution in [0.4, 0.5) is 0 Å². The summed E-state index contributed by atoms with van der Waals surface area (Å²) in [6, 6.07) is 7.95. The number of benzene rings is 1. The molecule has 1 atom stereocenters. The van der Waals surface area contributed by atoms with Crippen molar-refractivity contribution in [3.05, 3.63) is 35.7 Å². The molecule has 0 spiro atoms. The van der Waals surface area contributed by atoms with Crippen molar-refractivity contribution in [1.82, 2.24) is 20.2 Å². The van der Waals surface area contributed by atoms with Crippen LogP contribution in [-0.4, -0.2) is 31.6 Å². The summed E-state index contributed by atoms with van der Waals surface area (Å²) < 4.78 is 7.12. The number of nitrogens with zero attached hydrogens (tertiary/aromatic N) is 3. The first-order valence-electron chi connectivity index (χ1n) is 8.97. The first-order chi connectivity index (χ1) is 12.6. The Balaban J connectivity index is 1.95. The average Bonchev–Trinajstić information content (AvgIpc) is 2.92. The van der Waals surface area contributed by atoms with Crippen molar-refractivity contribution in [1.29, 1.82) is 0 Å². The summed E-state index contributed by atoms with van der Waals surface area (Å²) in [5.74, 6) is 7.71. The smallest absolute Gasteiger partial charge is 0.233 e. The van der Waals surface area contributed by atoms with Crippen LogP contribution < -0.4 is 15.9 Å². The summed E-state index contributed by atoms with van der Waals surface area (Å²) in [5, 5.41) is 11.2. The SMILES string of the molecule is CC(Sc1nnc(COc2ccc(C(C)C)cc2)n1N)C(=O)NC(C)(C)C. The zero-order valence-electron chi connectivity index (χ0n) is 16.8. The predicted octanol–water partition coefficient (Wildman–Crippen LogP) is 3.09. The average molecular weight is 392 g/mol. The molecule has 0 bridgehead atoms. The number of amides is 1. The number of aromatic nitrogens is 3. The lowest BCUT2D eigenvalue weighted by Crippen LogP contribution is -2.44. The fraction of sp³-hybridized carbons (Fsp3) is 0.526. The van der Waals surface area contributed by atoms with Crippen molar-refractivity contribution in [2.75, 3.05) is 5.84 Å². The molecule has 0 radical (unpaired) electrons. The Morgan fingerprint density at radius 2 is 1.85 bits per heavy atom. The van der Waals surface area contributed by atoms with E-state index in [-0.39, 0.29) is 23.3 Å². The van der Waals surface area contributed by atoms with E-state index in [1.165, 1.54) is 22.0 Å². The maximum absolute atomic E-state index is 12.2. The highest BCUT2D eigenvalue weighted by Gasteiger charge is 2.22. The van der Waals surface area contributed by atoms with E-state index >= 15 is 0 Å². The van der Waals surface area contributed by atoms with Gasteiger partial charge in [0.05, 0.1) is 5.25 Å². The molecule has 0 saturated heterocycles. The number of hydrogen-bond donors (Lipinski definition) is 2. The molecule has 2 rings (SSSR count). The van der Waals surface area contributed by atoms with Crippen molar-refractivity contribution >= 4 is 17.7 Å². The van der Waals surface area contributed by atoms with Gasteiger partial charge < -0.3 is 15.9 Å². The number of thioether (sulfide) groups is 1. The Labute approximate surface area is 165 Å². The van der Waals surface area contributed by atoms with Gasteiger partial charge in [-0.05, 0) is 51.3 Å². The van der Waals surface area contributed by atoms with Gasteiger partial charge in [0.25, 0.3) is 0 Å². The highest BCUT2D eigenvalue weighted by Crippen LogP contribution is 2.22. The molecule has 1 heterocycles. The zero-order chi connectivity index (χ0) is 20.2. The number of nitrogen functional groups attached to an aromatic ring is 1. The Kier molecular flexibility index (Phi) is 6.75. The van der Waals surface area contributed by atoms with E-state index in [1.807, 2.05) is 52.0 Å². The summed E-state index contributed by atoms with van der Waals surface area (Å²) in [7, 11) is 0. The maximum Gasteiger partial charge on any atom is 0.233 e. The largest absolute Gasteiger partial charge is 0.486 e. The van der Waals surface area contributed by atoms with Crippen molar-refractivity contribution in [3.63, 3.8) is 0 Å². The van der Waals surface area contributed by atoms with Crippen LogP contribution in [0.3, 0.4) is 0 Å². The summed E-state index contributed by atoms with van der Waals surface area (Å²) in [6.45, 7) is 12.1. The molecule has 0 aliphatic heterocycles. The number of rotatable bonds is 7. The molecule has 3 N–H and O–H groups in total. The van der Waals surface area contributed by atoms with E-state index in [9.17, 15) is 4.79 Å². The molecule has 1 aromatic carbocycles. The first-order valence-corrected chi connectivity index (χ1v) is 9.85. The fourth-order valence-electron chi connectivity index (χ4n) is 2.27. The van der Waals surface area contributed by atoms with Crippen LogP contribution in [0.15, 0.2) is 29.4 Å².